The van der Waals surface area contributed by atoms with E-state index >= 15 is 0 Å². The third-order valence-electron chi connectivity index (χ3n) is 6.52. The van der Waals surface area contributed by atoms with Gasteiger partial charge in [0.15, 0.2) is 7.85 Å². The Bertz CT molecular complexity index is 876. The SMILES string of the molecule is CC(C)N.CNC(CCC(=O)NCCN(C=O)C[C-]=O)C(=O)O.O=CCCCCCCCCCCCCCCC(=O)O.[B]C(=O)C(C)(C)[NH-].[Y]. The monoisotopic (exact) mass is 786 g/mol. The molecule has 1 atom stereocenters. The minimum atomic E-state index is -1.11. The molecule has 2 amide bonds. The molecule has 14 nitrogen and oxygen atoms in total. The number of nitrogens with two attached hydrogens (primary N) is 1. The number of carboxylic acids is 2. The predicted octanol–water partition coefficient (Wildman–Crippen LogP) is 3.72. The number of aliphatic carboxylic acids is 2. The second kappa shape index (κ2) is 41.4. The van der Waals surface area contributed by atoms with Crippen LogP contribution in [0, 0.1) is 0 Å². The summed E-state index contributed by atoms with van der Waals surface area (Å²) in [5.41, 5.74) is 10.3. The van der Waals surface area contributed by atoms with Gasteiger partial charge in [-0.15, -0.1) is 0 Å². The van der Waals surface area contributed by atoms with Gasteiger partial charge in [-0.1, -0.05) is 104 Å². The molecule has 0 aromatic carbocycles. The van der Waals surface area contributed by atoms with Crippen LogP contribution in [0.4, 0.5) is 0 Å². The molecule has 0 saturated carbocycles. The maximum Gasteiger partial charge on any atom is 0.320 e. The van der Waals surface area contributed by atoms with E-state index in [1.165, 1.54) is 83.6 Å². The second-order valence-corrected chi connectivity index (χ2v) is 12.4. The van der Waals surface area contributed by atoms with Crippen molar-refractivity contribution in [1.82, 2.24) is 15.5 Å². The molecule has 0 fully saturated rings. The minimum Gasteiger partial charge on any atom is -0.667 e. The largest absolute Gasteiger partial charge is 0.667 e. The number of aldehydes is 1. The Kier molecular flexibility index (Phi) is 47.4. The summed E-state index contributed by atoms with van der Waals surface area (Å²) >= 11 is 0. The Morgan fingerprint density at radius 3 is 1.64 bits per heavy atom. The van der Waals surface area contributed by atoms with E-state index in [4.69, 9.17) is 29.5 Å². The molecule has 0 aliphatic rings. The first-order valence-corrected chi connectivity index (χ1v) is 17.2. The maximum atomic E-state index is 11.4. The van der Waals surface area contributed by atoms with Crippen LogP contribution in [0.3, 0.4) is 0 Å². The standard InChI is InChI=1S/C16H30O3.C11H18N3O5.C4H7BNO.C3H9N.Y/c17-15-13-11-9-7-5-3-1-2-4-6-8-10-12-14-16(18)19;1-12-9(11(18)19)2-3-10(17)13-4-5-14(8-16)6-7-15;1-4(2,6)3(5)7;1-3(2)4;/h15H,1-14H2,(H,18,19);8-9,12H,2-6H2,1H3,(H,13,17)(H,18,19);6H,1-2H3;3H,4H2,1-2H3;/q;2*-1;;. The van der Waals surface area contributed by atoms with Crippen LogP contribution in [0.25, 0.3) is 5.73 Å². The molecule has 0 aromatic rings. The van der Waals surface area contributed by atoms with Gasteiger partial charge < -0.3 is 51.6 Å². The van der Waals surface area contributed by atoms with E-state index in [0.717, 1.165) is 32.0 Å². The fraction of sp³-hybridized carbons (Fsp3) is 0.794. The first-order chi connectivity index (χ1) is 23.0. The summed E-state index contributed by atoms with van der Waals surface area (Å²) in [4.78, 5) is 74.2. The average molecular weight is 787 g/mol. The van der Waals surface area contributed by atoms with Crippen LogP contribution in [0.2, 0.25) is 0 Å². The van der Waals surface area contributed by atoms with Gasteiger partial charge in [-0.05, 0) is 32.4 Å². The smallest absolute Gasteiger partial charge is 0.320 e. The number of hydrogen-bond donors (Lipinski definition) is 5. The van der Waals surface area contributed by atoms with E-state index in [9.17, 15) is 33.6 Å². The number of nitrogens with zero attached hydrogens (tertiary/aromatic N) is 1. The van der Waals surface area contributed by atoms with Gasteiger partial charge in [0.1, 0.15) is 12.3 Å². The molecule has 1 unspecified atom stereocenters. The predicted molar refractivity (Wildman–Crippen MR) is 193 cm³/mol. The van der Waals surface area contributed by atoms with E-state index in [-0.39, 0.29) is 71.1 Å². The molecular weight excluding hydrogens is 722 g/mol. The van der Waals surface area contributed by atoms with Gasteiger partial charge in [-0.25, -0.2) is 6.29 Å². The van der Waals surface area contributed by atoms with Crippen LogP contribution < -0.4 is 16.4 Å². The summed E-state index contributed by atoms with van der Waals surface area (Å²) in [6.45, 7) is 7.07. The van der Waals surface area contributed by atoms with Gasteiger partial charge in [0.05, 0.1) is 5.68 Å². The molecule has 0 heterocycles. The third-order valence-corrected chi connectivity index (χ3v) is 6.52. The zero-order valence-electron chi connectivity index (χ0n) is 31.2. The quantitative estimate of drug-likeness (QED) is 0.0348. The topological polar surface area (TPSA) is 237 Å². The number of rotatable bonds is 27. The molecule has 0 aliphatic heterocycles. The van der Waals surface area contributed by atoms with E-state index in [1.54, 1.807) is 6.29 Å². The number of hydrogen-bond acceptors (Lipinski definition) is 9. The van der Waals surface area contributed by atoms with Gasteiger partial charge in [0.25, 0.3) is 0 Å². The van der Waals surface area contributed by atoms with E-state index in [0.29, 0.717) is 18.9 Å². The van der Waals surface area contributed by atoms with Crippen molar-refractivity contribution < 1.29 is 76.5 Å². The number of amides is 2. The summed E-state index contributed by atoms with van der Waals surface area (Å²) in [6.07, 6.45) is 18.8. The normalized spacial score (nSPS) is 10.6. The summed E-state index contributed by atoms with van der Waals surface area (Å²) in [6, 6.07) is -0.429. The number of carbonyl (C=O) groups is 6. The average Bonchev–Trinajstić information content (AvgIpc) is 3.00. The van der Waals surface area contributed by atoms with Crippen molar-refractivity contribution >= 4 is 50.4 Å². The van der Waals surface area contributed by atoms with Crippen LogP contribution in [-0.2, 0) is 66.3 Å². The molecule has 0 aromatic heterocycles. The van der Waals surface area contributed by atoms with Crippen molar-refractivity contribution in [2.75, 3.05) is 26.7 Å². The Hall–Kier alpha value is -2.06. The first kappa shape index (κ1) is 57.3. The van der Waals surface area contributed by atoms with Crippen LogP contribution >= 0.6 is 0 Å². The zero-order chi connectivity index (χ0) is 38.5. The molecule has 0 aliphatic carbocycles. The molecule has 0 spiro atoms. The van der Waals surface area contributed by atoms with Crippen molar-refractivity contribution in [2.45, 2.75) is 148 Å². The number of unbranched alkanes of at least 4 members (excludes halogenated alkanes) is 12. The maximum absolute atomic E-state index is 11.4. The minimum absolute atomic E-state index is 0. The molecule has 287 valence electrons. The molecule has 16 heteroatoms. The first-order valence-electron chi connectivity index (χ1n) is 17.2. The number of carboxylic acid groups (broad SMARTS) is 2. The molecule has 0 bridgehead atoms. The Balaban J connectivity index is -0.000000205. The summed E-state index contributed by atoms with van der Waals surface area (Å²) < 4.78 is 0. The molecule has 0 saturated heterocycles. The van der Waals surface area contributed by atoms with Crippen molar-refractivity contribution in [3.05, 3.63) is 5.73 Å². The van der Waals surface area contributed by atoms with Crippen LogP contribution in [0.1, 0.15) is 130 Å². The Morgan fingerprint density at radius 1 is 0.900 bits per heavy atom. The Labute approximate surface area is 327 Å². The molecule has 7 N–H and O–H groups in total. The summed E-state index contributed by atoms with van der Waals surface area (Å²) in [5, 5.41) is 22.4. The van der Waals surface area contributed by atoms with E-state index in [2.05, 4.69) is 10.6 Å². The van der Waals surface area contributed by atoms with Crippen molar-refractivity contribution in [3.63, 3.8) is 0 Å². The summed E-state index contributed by atoms with van der Waals surface area (Å²) in [7, 11) is 6.25. The molecule has 0 rings (SSSR count). The van der Waals surface area contributed by atoms with E-state index in [1.807, 2.05) is 13.8 Å². The van der Waals surface area contributed by atoms with Gasteiger partial charge in [-0.2, -0.15) is 0 Å². The zero-order valence-corrected chi connectivity index (χ0v) is 34.0. The van der Waals surface area contributed by atoms with Crippen molar-refractivity contribution in [1.29, 1.82) is 0 Å². The van der Waals surface area contributed by atoms with E-state index < -0.39 is 29.2 Å². The van der Waals surface area contributed by atoms with Crippen molar-refractivity contribution in [2.24, 2.45) is 5.73 Å². The third kappa shape index (κ3) is 52.7. The van der Waals surface area contributed by atoms with Gasteiger partial charge in [0, 0.05) is 65.1 Å². The number of carbonyl (C=O) groups excluding carboxylic acids is 5. The second-order valence-electron chi connectivity index (χ2n) is 12.4. The van der Waals surface area contributed by atoms with Crippen LogP contribution in [0.5, 0.6) is 0 Å². The number of likely N-dealkylation sites (N-methyl/N-ethyl adjacent to an activating group) is 1. The fourth-order valence-electron chi connectivity index (χ4n) is 3.62. The van der Waals surface area contributed by atoms with Crippen molar-refractivity contribution in [3.8, 4) is 0 Å². The number of nitrogens with one attached hydrogen (secondary N) is 3. The fourth-order valence-corrected chi connectivity index (χ4v) is 3.62. The van der Waals surface area contributed by atoms with Crippen LogP contribution in [-0.4, -0.2) is 110 Å². The van der Waals surface area contributed by atoms with Gasteiger partial charge in [-0.3, -0.25) is 19.2 Å². The molecule has 50 heavy (non-hydrogen) atoms. The van der Waals surface area contributed by atoms with Crippen LogP contribution in [0.15, 0.2) is 0 Å². The Morgan fingerprint density at radius 2 is 1.32 bits per heavy atom. The molecule has 3 radical (unpaired) electrons. The molecular formula is C34H64BN5O9Y-2. The van der Waals surface area contributed by atoms with Gasteiger partial charge in [0.2, 0.25) is 12.3 Å². The summed E-state index contributed by atoms with van der Waals surface area (Å²) in [5.74, 6) is -1.99. The van der Waals surface area contributed by atoms with Gasteiger partial charge >= 0.3 is 11.9 Å².